The fourth-order valence-electron chi connectivity index (χ4n) is 3.52. The Morgan fingerprint density at radius 1 is 1.10 bits per heavy atom. The monoisotopic (exact) mass is 302 g/mol. The Labute approximate surface area is 121 Å². The van der Waals surface area contributed by atoms with Crippen molar-refractivity contribution in [3.63, 3.8) is 0 Å². The second kappa shape index (κ2) is 5.48. The highest BCUT2D eigenvalue weighted by molar-refractivity contribution is 5.52. The molecule has 2 unspecified atom stereocenters. The second-order valence-electron chi connectivity index (χ2n) is 5.82. The van der Waals surface area contributed by atoms with Crippen LogP contribution in [-0.4, -0.2) is 36.6 Å². The van der Waals surface area contributed by atoms with Crippen LogP contribution in [0.5, 0.6) is 0 Å². The highest BCUT2D eigenvalue weighted by Crippen LogP contribution is 2.34. The zero-order chi connectivity index (χ0) is 15.1. The topological polar surface area (TPSA) is 6.48 Å². The van der Waals surface area contributed by atoms with E-state index < -0.39 is 29.0 Å². The maximum absolute atomic E-state index is 14.0. The third kappa shape index (κ3) is 2.39. The van der Waals surface area contributed by atoms with E-state index in [0.717, 1.165) is 19.4 Å². The molecule has 3 rings (SSSR count). The van der Waals surface area contributed by atoms with Gasteiger partial charge in [0.05, 0.1) is 0 Å². The van der Waals surface area contributed by atoms with Gasteiger partial charge in [-0.2, -0.15) is 0 Å². The van der Waals surface area contributed by atoms with Gasteiger partial charge in [0.15, 0.2) is 23.3 Å². The van der Waals surface area contributed by atoms with Crippen molar-refractivity contribution < 1.29 is 17.6 Å². The largest absolute Gasteiger partial charge is 0.361 e. The van der Waals surface area contributed by atoms with E-state index in [1.165, 1.54) is 4.90 Å². The summed E-state index contributed by atoms with van der Waals surface area (Å²) >= 11 is 0. The van der Waals surface area contributed by atoms with Crippen LogP contribution in [0, 0.1) is 23.3 Å². The molecule has 0 N–H and O–H groups in total. The summed E-state index contributed by atoms with van der Waals surface area (Å²) in [6, 6.07) is 0.337. The number of anilines is 1. The molecular weight excluding hydrogens is 284 g/mol. The van der Waals surface area contributed by atoms with Gasteiger partial charge in [-0.25, -0.2) is 17.6 Å². The van der Waals surface area contributed by atoms with Gasteiger partial charge < -0.3 is 4.90 Å². The van der Waals surface area contributed by atoms with Gasteiger partial charge in [0.1, 0.15) is 5.69 Å². The zero-order valence-electron chi connectivity index (χ0n) is 11.9. The van der Waals surface area contributed by atoms with Crippen LogP contribution in [0.2, 0.25) is 0 Å². The second-order valence-corrected chi connectivity index (χ2v) is 5.82. The predicted molar refractivity (Wildman–Crippen MR) is 72.3 cm³/mol. The van der Waals surface area contributed by atoms with Crippen molar-refractivity contribution in [3.8, 4) is 0 Å². The molecule has 1 aromatic rings. The van der Waals surface area contributed by atoms with Crippen LogP contribution in [-0.2, 0) is 0 Å². The number of hydrogen-bond donors (Lipinski definition) is 0. The Hall–Kier alpha value is -1.30. The predicted octanol–water partition coefficient (Wildman–Crippen LogP) is 3.31. The van der Waals surface area contributed by atoms with E-state index in [1.807, 2.05) is 6.92 Å². The number of piperazine rings is 1. The van der Waals surface area contributed by atoms with Crippen molar-refractivity contribution in [3.05, 3.63) is 29.3 Å². The molecule has 0 amide bonds. The van der Waals surface area contributed by atoms with E-state index in [0.29, 0.717) is 19.5 Å². The number of benzene rings is 1. The maximum atomic E-state index is 14.0. The normalized spacial score (nSPS) is 26.2. The molecule has 0 aliphatic carbocycles. The Balaban J connectivity index is 2.02. The SMILES string of the molecule is CCC1CN2CCCC2CN1c1c(F)c(F)cc(F)c1F. The van der Waals surface area contributed by atoms with Gasteiger partial charge in [-0.3, -0.25) is 4.90 Å². The van der Waals surface area contributed by atoms with E-state index in [1.54, 1.807) is 0 Å². The molecule has 21 heavy (non-hydrogen) atoms. The molecule has 2 fully saturated rings. The van der Waals surface area contributed by atoms with Crippen LogP contribution in [0.1, 0.15) is 26.2 Å². The summed E-state index contributed by atoms with van der Waals surface area (Å²) in [5.41, 5.74) is -0.550. The quantitative estimate of drug-likeness (QED) is 0.611. The molecule has 2 heterocycles. The minimum absolute atomic E-state index is 0.135. The summed E-state index contributed by atoms with van der Waals surface area (Å²) in [4.78, 5) is 3.82. The summed E-state index contributed by atoms with van der Waals surface area (Å²) in [7, 11) is 0. The van der Waals surface area contributed by atoms with Crippen LogP contribution in [0.4, 0.5) is 23.2 Å². The van der Waals surface area contributed by atoms with Crippen molar-refractivity contribution >= 4 is 5.69 Å². The van der Waals surface area contributed by atoms with Crippen LogP contribution < -0.4 is 4.90 Å². The van der Waals surface area contributed by atoms with Gasteiger partial charge in [-0.1, -0.05) is 6.92 Å². The molecule has 0 radical (unpaired) electrons. The third-order valence-electron chi connectivity index (χ3n) is 4.64. The lowest BCUT2D eigenvalue weighted by Gasteiger charge is -2.44. The Kier molecular flexibility index (Phi) is 3.82. The van der Waals surface area contributed by atoms with Gasteiger partial charge in [0.25, 0.3) is 0 Å². The van der Waals surface area contributed by atoms with Gasteiger partial charge >= 0.3 is 0 Å². The molecule has 116 valence electrons. The molecule has 1 aromatic carbocycles. The lowest BCUT2D eigenvalue weighted by molar-refractivity contribution is 0.192. The van der Waals surface area contributed by atoms with E-state index in [9.17, 15) is 17.6 Å². The molecule has 2 aliphatic heterocycles. The number of halogens is 4. The average molecular weight is 302 g/mol. The summed E-state index contributed by atoms with van der Waals surface area (Å²) in [5.74, 6) is -5.27. The molecule has 0 bridgehead atoms. The average Bonchev–Trinajstić information content (AvgIpc) is 2.91. The standard InChI is InChI=1S/C15H18F4N2/c1-2-9-7-20-5-3-4-10(20)8-21(9)15-13(18)11(16)6-12(17)14(15)19/h6,9-10H,2-5,7-8H2,1H3. The van der Waals surface area contributed by atoms with Crippen molar-refractivity contribution in [2.75, 3.05) is 24.5 Å². The van der Waals surface area contributed by atoms with E-state index >= 15 is 0 Å². The van der Waals surface area contributed by atoms with Crippen molar-refractivity contribution in [1.29, 1.82) is 0 Å². The Bertz CT molecular complexity index is 523. The lowest BCUT2D eigenvalue weighted by atomic mass is 10.0. The molecule has 6 heteroatoms. The smallest absolute Gasteiger partial charge is 0.185 e. The highest BCUT2D eigenvalue weighted by atomic mass is 19.2. The number of nitrogens with zero attached hydrogens (tertiary/aromatic N) is 2. The number of rotatable bonds is 2. The van der Waals surface area contributed by atoms with Gasteiger partial charge in [0, 0.05) is 31.2 Å². The number of fused-ring (bicyclic) bond motifs is 1. The van der Waals surface area contributed by atoms with E-state index in [-0.39, 0.29) is 18.2 Å². The minimum Gasteiger partial charge on any atom is -0.361 e. The Morgan fingerprint density at radius 3 is 2.38 bits per heavy atom. The number of hydrogen-bond acceptors (Lipinski definition) is 2. The summed E-state index contributed by atoms with van der Waals surface area (Å²) in [5, 5.41) is 0. The first-order valence-electron chi connectivity index (χ1n) is 7.36. The molecule has 2 nitrogen and oxygen atoms in total. The third-order valence-corrected chi connectivity index (χ3v) is 4.64. The molecule has 0 spiro atoms. The van der Waals surface area contributed by atoms with Crippen LogP contribution in [0.25, 0.3) is 0 Å². The first-order chi connectivity index (χ1) is 10.0. The lowest BCUT2D eigenvalue weighted by Crippen LogP contribution is -2.56. The summed E-state index contributed by atoms with van der Waals surface area (Å²) < 4.78 is 55.0. The van der Waals surface area contributed by atoms with E-state index in [4.69, 9.17) is 0 Å². The van der Waals surface area contributed by atoms with Gasteiger partial charge in [-0.05, 0) is 25.8 Å². The summed E-state index contributed by atoms with van der Waals surface area (Å²) in [6.07, 6.45) is 2.67. The fraction of sp³-hybridized carbons (Fsp3) is 0.600. The fourth-order valence-corrected chi connectivity index (χ4v) is 3.52. The van der Waals surface area contributed by atoms with Gasteiger partial charge in [-0.15, -0.1) is 0 Å². The van der Waals surface area contributed by atoms with Crippen molar-refractivity contribution in [2.45, 2.75) is 38.3 Å². The maximum Gasteiger partial charge on any atom is 0.185 e. The molecule has 0 aromatic heterocycles. The zero-order valence-corrected chi connectivity index (χ0v) is 11.9. The first kappa shape index (κ1) is 14.6. The first-order valence-corrected chi connectivity index (χ1v) is 7.36. The van der Waals surface area contributed by atoms with E-state index in [2.05, 4.69) is 4.90 Å². The van der Waals surface area contributed by atoms with Crippen LogP contribution in [0.15, 0.2) is 6.07 Å². The molecule has 2 aliphatic rings. The van der Waals surface area contributed by atoms with Crippen molar-refractivity contribution in [1.82, 2.24) is 4.90 Å². The summed E-state index contributed by atoms with van der Waals surface area (Å²) in [6.45, 7) is 3.99. The highest BCUT2D eigenvalue weighted by Gasteiger charge is 2.38. The molecule has 0 saturated carbocycles. The van der Waals surface area contributed by atoms with Crippen LogP contribution >= 0.6 is 0 Å². The molecule has 2 saturated heterocycles. The van der Waals surface area contributed by atoms with Crippen molar-refractivity contribution in [2.24, 2.45) is 0 Å². The molecular formula is C15H18F4N2. The molecule has 2 atom stereocenters. The van der Waals surface area contributed by atoms with Crippen LogP contribution in [0.3, 0.4) is 0 Å². The Morgan fingerprint density at radius 2 is 1.76 bits per heavy atom. The minimum atomic E-state index is -1.34. The van der Waals surface area contributed by atoms with Gasteiger partial charge in [0.2, 0.25) is 0 Å².